The molecule has 1 aliphatic carbocycles. The number of nitrogens with zero attached hydrogens (tertiary/aromatic N) is 2. The topological polar surface area (TPSA) is 135 Å². The van der Waals surface area contributed by atoms with E-state index in [1.165, 1.54) is 22.8 Å². The van der Waals surface area contributed by atoms with E-state index >= 15 is 0 Å². The van der Waals surface area contributed by atoms with E-state index in [0.717, 1.165) is 12.8 Å². The Hall–Kier alpha value is -3.31. The van der Waals surface area contributed by atoms with Gasteiger partial charge in [-0.15, -0.1) is 0 Å². The molecule has 2 amide bonds. The van der Waals surface area contributed by atoms with Crippen molar-refractivity contribution >= 4 is 33.5 Å². The van der Waals surface area contributed by atoms with Crippen molar-refractivity contribution in [1.82, 2.24) is 14.6 Å². The summed E-state index contributed by atoms with van der Waals surface area (Å²) in [7, 11) is -3.66. The van der Waals surface area contributed by atoms with Gasteiger partial charge in [0.05, 0.1) is 17.2 Å². The number of carbonyl (C=O) groups is 3. The summed E-state index contributed by atoms with van der Waals surface area (Å²) in [6.07, 6.45) is 5.28. The first-order valence-electron chi connectivity index (χ1n) is 11.1. The number of hydrogen-bond acceptors (Lipinski definition) is 7. The number of benzene rings is 1. The fraction of sp³-hybridized carbons (Fsp3) is 0.391. The fourth-order valence-electron chi connectivity index (χ4n) is 3.70. The summed E-state index contributed by atoms with van der Waals surface area (Å²) in [5.74, 6) is -1.86. The monoisotopic (exact) mass is 486 g/mol. The third kappa shape index (κ3) is 5.78. The number of nitrogens with one attached hydrogen (secondary N) is 2. The van der Waals surface area contributed by atoms with Gasteiger partial charge >= 0.3 is 5.97 Å². The van der Waals surface area contributed by atoms with Gasteiger partial charge in [0.25, 0.3) is 11.8 Å². The van der Waals surface area contributed by atoms with E-state index in [9.17, 15) is 22.8 Å². The Morgan fingerprint density at radius 3 is 2.44 bits per heavy atom. The van der Waals surface area contributed by atoms with Crippen LogP contribution in [0.3, 0.4) is 0 Å². The van der Waals surface area contributed by atoms with Gasteiger partial charge in [-0.2, -0.15) is 4.31 Å². The highest BCUT2D eigenvalue weighted by atomic mass is 32.2. The summed E-state index contributed by atoms with van der Waals surface area (Å²) in [4.78, 5) is 41.1. The number of pyridine rings is 1. The van der Waals surface area contributed by atoms with Gasteiger partial charge < -0.3 is 15.4 Å². The van der Waals surface area contributed by atoms with Crippen LogP contribution < -0.4 is 10.6 Å². The number of amides is 2. The quantitative estimate of drug-likeness (QED) is 0.541. The second-order valence-corrected chi connectivity index (χ2v) is 10.3. The van der Waals surface area contributed by atoms with Crippen LogP contribution in [-0.2, 0) is 24.3 Å². The average molecular weight is 487 g/mol. The number of hydrogen-bond donors (Lipinski definition) is 2. The smallest absolute Gasteiger partial charge is 0.309 e. The lowest BCUT2D eigenvalue weighted by molar-refractivity contribution is -0.152. The molecule has 2 aromatic rings. The minimum absolute atomic E-state index is 0.110. The van der Waals surface area contributed by atoms with Crippen molar-refractivity contribution in [2.24, 2.45) is 5.92 Å². The van der Waals surface area contributed by atoms with Gasteiger partial charge in [0.2, 0.25) is 10.0 Å². The van der Waals surface area contributed by atoms with Crippen LogP contribution >= 0.6 is 0 Å². The second-order valence-electron chi connectivity index (χ2n) is 8.32. The fourth-order valence-corrected chi connectivity index (χ4v) is 5.14. The third-order valence-electron chi connectivity index (χ3n) is 5.76. The van der Waals surface area contributed by atoms with Crippen LogP contribution in [0.1, 0.15) is 36.0 Å². The standard InChI is InChI=1S/C23H26N4O6S/c28-21(26-20-6-2-1-5-19(20)22(29)25-17-7-8-17)15-33-23(30)16-9-12-27(13-10-16)34(31,32)18-4-3-11-24-14-18/h1-6,11,14,16-17H,7-10,12-13,15H2,(H,25,29)(H,26,28). The van der Waals surface area contributed by atoms with Gasteiger partial charge in [0.15, 0.2) is 6.61 Å². The number of anilines is 1. The highest BCUT2D eigenvalue weighted by molar-refractivity contribution is 7.89. The first kappa shape index (κ1) is 23.8. The molecule has 1 saturated carbocycles. The number of rotatable bonds is 8. The van der Waals surface area contributed by atoms with Crippen molar-refractivity contribution < 1.29 is 27.5 Å². The Kier molecular flexibility index (Phi) is 7.23. The average Bonchev–Trinajstić information content (AvgIpc) is 3.67. The van der Waals surface area contributed by atoms with Gasteiger partial charge in [-0.25, -0.2) is 8.42 Å². The molecule has 0 bridgehead atoms. The van der Waals surface area contributed by atoms with Crippen molar-refractivity contribution in [1.29, 1.82) is 0 Å². The highest BCUT2D eigenvalue weighted by Crippen LogP contribution is 2.25. The minimum atomic E-state index is -3.66. The summed E-state index contributed by atoms with van der Waals surface area (Å²) < 4.78 is 31.8. The summed E-state index contributed by atoms with van der Waals surface area (Å²) in [6.45, 7) is -0.148. The first-order valence-corrected chi connectivity index (χ1v) is 12.5. The number of carbonyl (C=O) groups excluding carboxylic acids is 3. The molecular weight excluding hydrogens is 460 g/mol. The number of esters is 1. The van der Waals surface area contributed by atoms with E-state index in [4.69, 9.17) is 4.74 Å². The van der Waals surface area contributed by atoms with Crippen molar-refractivity contribution in [2.45, 2.75) is 36.6 Å². The Morgan fingerprint density at radius 2 is 1.76 bits per heavy atom. The van der Waals surface area contributed by atoms with E-state index in [1.54, 1.807) is 30.3 Å². The van der Waals surface area contributed by atoms with Gasteiger partial charge in [0, 0.05) is 31.5 Å². The molecule has 1 aromatic heterocycles. The van der Waals surface area contributed by atoms with E-state index in [-0.39, 0.29) is 29.9 Å². The predicted molar refractivity (Wildman–Crippen MR) is 122 cm³/mol. The summed E-state index contributed by atoms with van der Waals surface area (Å²) >= 11 is 0. The molecule has 2 N–H and O–H groups in total. The molecule has 1 aromatic carbocycles. The Balaban J connectivity index is 1.26. The molecule has 2 aliphatic rings. The molecule has 1 saturated heterocycles. The zero-order valence-electron chi connectivity index (χ0n) is 18.5. The molecule has 0 spiro atoms. The molecule has 2 fully saturated rings. The van der Waals surface area contributed by atoms with Crippen LogP contribution in [0.5, 0.6) is 0 Å². The molecular formula is C23H26N4O6S. The molecule has 11 heteroatoms. The molecule has 0 atom stereocenters. The maximum Gasteiger partial charge on any atom is 0.309 e. The zero-order chi connectivity index (χ0) is 24.1. The van der Waals surface area contributed by atoms with Crippen LogP contribution in [0.15, 0.2) is 53.7 Å². The van der Waals surface area contributed by atoms with Crippen molar-refractivity contribution in [3.63, 3.8) is 0 Å². The van der Waals surface area contributed by atoms with Gasteiger partial charge in [-0.05, 0) is 49.9 Å². The van der Waals surface area contributed by atoms with Crippen LogP contribution in [0.25, 0.3) is 0 Å². The van der Waals surface area contributed by atoms with Gasteiger partial charge in [0.1, 0.15) is 4.90 Å². The minimum Gasteiger partial charge on any atom is -0.455 e. The number of para-hydroxylation sites is 1. The summed E-state index contributed by atoms with van der Waals surface area (Å²) in [5.41, 5.74) is 0.687. The predicted octanol–water partition coefficient (Wildman–Crippen LogP) is 1.56. The maximum atomic E-state index is 12.7. The van der Waals surface area contributed by atoms with Crippen LogP contribution in [-0.4, -0.2) is 61.2 Å². The number of piperidine rings is 1. The molecule has 2 heterocycles. The molecule has 34 heavy (non-hydrogen) atoms. The molecule has 0 unspecified atom stereocenters. The molecule has 4 rings (SSSR count). The lowest BCUT2D eigenvalue weighted by Gasteiger charge is -2.29. The normalized spacial score (nSPS) is 17.1. The summed E-state index contributed by atoms with van der Waals surface area (Å²) in [6, 6.07) is 9.85. The van der Waals surface area contributed by atoms with E-state index in [0.29, 0.717) is 24.1 Å². The summed E-state index contributed by atoms with van der Waals surface area (Å²) in [5, 5.41) is 5.49. The Labute approximate surface area is 197 Å². The van der Waals surface area contributed by atoms with Crippen molar-refractivity contribution in [3.05, 3.63) is 54.4 Å². The van der Waals surface area contributed by atoms with Crippen LogP contribution in [0, 0.1) is 5.92 Å². The Bertz CT molecular complexity index is 1160. The largest absolute Gasteiger partial charge is 0.455 e. The lowest BCUT2D eigenvalue weighted by Crippen LogP contribution is -2.41. The molecule has 180 valence electrons. The van der Waals surface area contributed by atoms with Crippen molar-refractivity contribution in [3.8, 4) is 0 Å². The first-order chi connectivity index (χ1) is 16.3. The Morgan fingerprint density at radius 1 is 1.03 bits per heavy atom. The molecule has 1 aliphatic heterocycles. The lowest BCUT2D eigenvalue weighted by atomic mass is 9.98. The molecule has 10 nitrogen and oxygen atoms in total. The van der Waals surface area contributed by atoms with E-state index in [1.807, 2.05) is 0 Å². The number of sulfonamides is 1. The third-order valence-corrected chi connectivity index (χ3v) is 7.65. The van der Waals surface area contributed by atoms with Gasteiger partial charge in [-0.1, -0.05) is 12.1 Å². The second kappa shape index (κ2) is 10.3. The van der Waals surface area contributed by atoms with E-state index in [2.05, 4.69) is 15.6 Å². The van der Waals surface area contributed by atoms with Gasteiger partial charge in [-0.3, -0.25) is 19.4 Å². The highest BCUT2D eigenvalue weighted by Gasteiger charge is 2.33. The van der Waals surface area contributed by atoms with Crippen LogP contribution in [0.2, 0.25) is 0 Å². The van der Waals surface area contributed by atoms with Crippen LogP contribution in [0.4, 0.5) is 5.69 Å². The molecule has 0 radical (unpaired) electrons. The zero-order valence-corrected chi connectivity index (χ0v) is 19.3. The van der Waals surface area contributed by atoms with Crippen molar-refractivity contribution in [2.75, 3.05) is 25.0 Å². The maximum absolute atomic E-state index is 12.7. The SMILES string of the molecule is O=C(COC(=O)C1CCN(S(=O)(=O)c2cccnc2)CC1)Nc1ccccc1C(=O)NC1CC1. The van der Waals surface area contributed by atoms with E-state index < -0.39 is 34.4 Å². The number of aromatic nitrogens is 1. The number of ether oxygens (including phenoxy) is 1.